The molecule has 0 spiro atoms. The number of halogens is 3. The van der Waals surface area contributed by atoms with Crippen LogP contribution in [0.2, 0.25) is 0 Å². The van der Waals surface area contributed by atoms with Crippen LogP contribution in [0.15, 0.2) is 15.0 Å². The average Bonchev–Trinajstić information content (AvgIpc) is 2.01. The highest BCUT2D eigenvalue weighted by atomic mass is 79.9. The van der Waals surface area contributed by atoms with Crippen molar-refractivity contribution in [2.45, 2.75) is 13.8 Å². The molecule has 0 aliphatic rings. The molecule has 0 aromatic heterocycles. The zero-order valence-corrected chi connectivity index (χ0v) is 10.3. The minimum absolute atomic E-state index is 0.104. The first-order valence-electron chi connectivity index (χ1n) is 3.60. The molecule has 0 heterocycles. The molecule has 0 atom stereocenters. The summed E-state index contributed by atoms with van der Waals surface area (Å²) in [5.41, 5.74) is 1.55. The van der Waals surface area contributed by atoms with Gasteiger partial charge in [0, 0.05) is 8.95 Å². The molecule has 0 unspecified atom stereocenters. The molecule has 13 heavy (non-hydrogen) atoms. The third kappa shape index (κ3) is 1.99. The molecule has 0 bridgehead atoms. The topological polar surface area (TPSA) is 17.1 Å². The first-order valence-corrected chi connectivity index (χ1v) is 5.18. The highest BCUT2D eigenvalue weighted by Crippen LogP contribution is 2.30. The predicted octanol–water partition coefficient (Wildman–Crippen LogP) is 3.94. The van der Waals surface area contributed by atoms with Gasteiger partial charge < -0.3 is 0 Å². The Morgan fingerprint density at radius 3 is 2.38 bits per heavy atom. The van der Waals surface area contributed by atoms with Crippen molar-refractivity contribution in [3.8, 4) is 0 Å². The number of aryl methyl sites for hydroxylation is 1. The summed E-state index contributed by atoms with van der Waals surface area (Å²) in [6.07, 6.45) is 0. The fraction of sp³-hybridized carbons (Fsp3) is 0.222. The van der Waals surface area contributed by atoms with Crippen LogP contribution in [-0.4, -0.2) is 6.04 Å². The van der Waals surface area contributed by atoms with E-state index in [9.17, 15) is 9.18 Å². The SMILES string of the molecule is Cc1cc(Br)c(C)c(C(=O)F)c1Br. The van der Waals surface area contributed by atoms with Gasteiger partial charge in [0.1, 0.15) is 0 Å². The van der Waals surface area contributed by atoms with Gasteiger partial charge in [0.15, 0.2) is 0 Å². The molecule has 1 aromatic carbocycles. The second-order valence-electron chi connectivity index (χ2n) is 2.76. The fourth-order valence-corrected chi connectivity index (χ4v) is 2.19. The second-order valence-corrected chi connectivity index (χ2v) is 4.41. The summed E-state index contributed by atoms with van der Waals surface area (Å²) in [6, 6.07) is 0.431. The van der Waals surface area contributed by atoms with Crippen LogP contribution in [0.1, 0.15) is 21.5 Å². The molecular weight excluding hydrogens is 303 g/mol. The van der Waals surface area contributed by atoms with Crippen LogP contribution in [0.4, 0.5) is 4.39 Å². The van der Waals surface area contributed by atoms with Gasteiger partial charge in [0.05, 0.1) is 5.56 Å². The molecular formula is C9H7Br2FO. The average molecular weight is 310 g/mol. The minimum Gasteiger partial charge on any atom is -0.255 e. The van der Waals surface area contributed by atoms with E-state index in [1.807, 2.05) is 6.07 Å². The Hall–Kier alpha value is -0.220. The zero-order valence-electron chi connectivity index (χ0n) is 7.12. The van der Waals surface area contributed by atoms with E-state index in [2.05, 4.69) is 31.9 Å². The minimum atomic E-state index is -1.41. The molecule has 0 aliphatic heterocycles. The lowest BCUT2D eigenvalue weighted by molar-refractivity contribution is 0.0834. The van der Waals surface area contributed by atoms with Crippen molar-refractivity contribution in [2.24, 2.45) is 0 Å². The molecule has 4 heteroatoms. The number of carbonyl (C=O) groups excluding carboxylic acids is 1. The maximum atomic E-state index is 12.6. The lowest BCUT2D eigenvalue weighted by Crippen LogP contribution is -1.99. The third-order valence-corrected chi connectivity index (χ3v) is 3.68. The van der Waals surface area contributed by atoms with Crippen molar-refractivity contribution in [1.29, 1.82) is 0 Å². The lowest BCUT2D eigenvalue weighted by Gasteiger charge is -2.08. The number of carbonyl (C=O) groups is 1. The summed E-state index contributed by atoms with van der Waals surface area (Å²) in [5, 5.41) is 0. The molecule has 1 aromatic rings. The third-order valence-electron chi connectivity index (χ3n) is 1.84. The first-order chi connectivity index (χ1) is 5.95. The molecule has 0 radical (unpaired) electrons. The Kier molecular flexibility index (Phi) is 3.24. The van der Waals surface area contributed by atoms with E-state index < -0.39 is 6.04 Å². The molecule has 70 valence electrons. The van der Waals surface area contributed by atoms with Crippen molar-refractivity contribution in [1.82, 2.24) is 0 Å². The summed E-state index contributed by atoms with van der Waals surface area (Å²) in [6.45, 7) is 3.50. The Labute approximate surface area is 92.6 Å². The van der Waals surface area contributed by atoms with Gasteiger partial charge in [-0.05, 0) is 47.0 Å². The quantitative estimate of drug-likeness (QED) is 0.718. The maximum Gasteiger partial charge on any atom is 0.333 e. The molecule has 1 rings (SSSR count). The van der Waals surface area contributed by atoms with Gasteiger partial charge in [-0.25, -0.2) is 0 Å². The molecule has 0 N–H and O–H groups in total. The summed E-state index contributed by atoms with van der Waals surface area (Å²) in [5.74, 6) is 0. The Bertz CT molecular complexity index is 348. The molecule has 0 aliphatic carbocycles. The second kappa shape index (κ2) is 3.88. The zero-order chi connectivity index (χ0) is 10.2. The van der Waals surface area contributed by atoms with Gasteiger partial charge in [-0.2, -0.15) is 4.39 Å². The summed E-state index contributed by atoms with van der Waals surface area (Å²) < 4.78 is 13.9. The Balaban J connectivity index is 3.56. The Morgan fingerprint density at radius 2 is 1.92 bits per heavy atom. The maximum absolute atomic E-state index is 12.6. The molecule has 0 amide bonds. The predicted molar refractivity (Wildman–Crippen MR) is 56.8 cm³/mol. The van der Waals surface area contributed by atoms with E-state index in [0.29, 0.717) is 10.0 Å². The molecule has 0 saturated heterocycles. The van der Waals surface area contributed by atoms with E-state index in [0.717, 1.165) is 10.0 Å². The summed E-state index contributed by atoms with van der Waals surface area (Å²) in [7, 11) is 0. The van der Waals surface area contributed by atoms with E-state index in [-0.39, 0.29) is 5.56 Å². The van der Waals surface area contributed by atoms with Crippen LogP contribution < -0.4 is 0 Å². The van der Waals surface area contributed by atoms with Crippen molar-refractivity contribution < 1.29 is 9.18 Å². The van der Waals surface area contributed by atoms with Crippen molar-refractivity contribution in [3.63, 3.8) is 0 Å². The highest BCUT2D eigenvalue weighted by Gasteiger charge is 2.16. The van der Waals surface area contributed by atoms with Crippen molar-refractivity contribution in [3.05, 3.63) is 31.7 Å². The normalized spacial score (nSPS) is 10.2. The van der Waals surface area contributed by atoms with Crippen LogP contribution in [-0.2, 0) is 0 Å². The van der Waals surface area contributed by atoms with Gasteiger partial charge in [-0.15, -0.1) is 0 Å². The van der Waals surface area contributed by atoms with Gasteiger partial charge in [-0.3, -0.25) is 4.79 Å². The van der Waals surface area contributed by atoms with Crippen LogP contribution in [0.5, 0.6) is 0 Å². The number of benzene rings is 1. The molecule has 1 nitrogen and oxygen atoms in total. The monoisotopic (exact) mass is 308 g/mol. The largest absolute Gasteiger partial charge is 0.333 e. The van der Waals surface area contributed by atoms with Crippen molar-refractivity contribution >= 4 is 37.9 Å². The standard InChI is InChI=1S/C9H7Br2FO/c1-4-3-6(10)5(2)7(8(4)11)9(12)13/h3H,1-2H3. The van der Waals surface area contributed by atoms with Gasteiger partial charge in [-0.1, -0.05) is 15.9 Å². The lowest BCUT2D eigenvalue weighted by atomic mass is 10.1. The van der Waals surface area contributed by atoms with Crippen molar-refractivity contribution in [2.75, 3.05) is 0 Å². The smallest absolute Gasteiger partial charge is 0.255 e. The van der Waals surface area contributed by atoms with Gasteiger partial charge >= 0.3 is 6.04 Å². The number of hydrogen-bond donors (Lipinski definition) is 0. The summed E-state index contributed by atoms with van der Waals surface area (Å²) >= 11 is 6.44. The first kappa shape index (κ1) is 10.9. The van der Waals surface area contributed by atoms with Crippen LogP contribution in [0.3, 0.4) is 0 Å². The van der Waals surface area contributed by atoms with Crippen LogP contribution in [0.25, 0.3) is 0 Å². The van der Waals surface area contributed by atoms with E-state index >= 15 is 0 Å². The molecule has 0 saturated carbocycles. The van der Waals surface area contributed by atoms with E-state index in [1.54, 1.807) is 13.8 Å². The van der Waals surface area contributed by atoms with E-state index in [4.69, 9.17) is 0 Å². The fourth-order valence-electron chi connectivity index (χ4n) is 1.08. The summed E-state index contributed by atoms with van der Waals surface area (Å²) in [4.78, 5) is 10.7. The van der Waals surface area contributed by atoms with E-state index in [1.165, 1.54) is 0 Å². The number of hydrogen-bond acceptors (Lipinski definition) is 1. The van der Waals surface area contributed by atoms with Crippen LogP contribution >= 0.6 is 31.9 Å². The van der Waals surface area contributed by atoms with Gasteiger partial charge in [0.2, 0.25) is 0 Å². The number of rotatable bonds is 1. The Morgan fingerprint density at radius 1 is 1.38 bits per heavy atom. The van der Waals surface area contributed by atoms with Gasteiger partial charge in [0.25, 0.3) is 0 Å². The molecule has 0 fully saturated rings. The van der Waals surface area contributed by atoms with Crippen LogP contribution in [0, 0.1) is 13.8 Å². The highest BCUT2D eigenvalue weighted by molar-refractivity contribution is 9.11.